The van der Waals surface area contributed by atoms with Gasteiger partial charge in [0, 0.05) is 17.8 Å². The second kappa shape index (κ2) is 5.99. The van der Waals surface area contributed by atoms with E-state index in [1.807, 2.05) is 6.21 Å². The first kappa shape index (κ1) is 15.5. The molecule has 0 saturated heterocycles. The maximum atomic E-state index is 4.33. The molecule has 0 aliphatic carbocycles. The lowest BCUT2D eigenvalue weighted by Gasteiger charge is -2.43. The highest BCUT2D eigenvalue weighted by Crippen LogP contribution is 2.39. The van der Waals surface area contributed by atoms with Crippen molar-refractivity contribution in [2.75, 3.05) is 11.4 Å². The molecule has 5 nitrogen and oxygen atoms in total. The molecule has 5 heteroatoms. The predicted octanol–water partition coefficient (Wildman–Crippen LogP) is 3.57. The number of nitrogens with zero attached hydrogens (tertiary/aromatic N) is 5. The van der Waals surface area contributed by atoms with Crippen molar-refractivity contribution in [3.8, 4) is 0 Å². The van der Waals surface area contributed by atoms with E-state index in [0.29, 0.717) is 0 Å². The van der Waals surface area contributed by atoms with Crippen LogP contribution in [-0.4, -0.2) is 33.2 Å². The number of rotatable bonds is 4. The number of anilines is 1. The molecular weight excluding hydrogens is 286 g/mol. The van der Waals surface area contributed by atoms with Crippen molar-refractivity contribution >= 4 is 17.5 Å². The van der Waals surface area contributed by atoms with E-state index in [-0.39, 0.29) is 5.54 Å². The van der Waals surface area contributed by atoms with Gasteiger partial charge in [-0.15, -0.1) is 10.2 Å². The summed E-state index contributed by atoms with van der Waals surface area (Å²) in [5.41, 5.74) is 5.02. The standard InChI is InChI=1S/C18H23N5/c1-5-8-23-17-7-6-15(11-21-22-12-19-20-13-22)9-16(17)14(2)10-18(23,3)4/h6-7,9-13H,5,8H2,1-4H3/b21-11-. The van der Waals surface area contributed by atoms with Crippen LogP contribution in [0.2, 0.25) is 0 Å². The first-order valence-corrected chi connectivity index (χ1v) is 8.02. The van der Waals surface area contributed by atoms with Gasteiger partial charge in [0.05, 0.1) is 11.8 Å². The molecule has 1 aliphatic rings. The number of fused-ring (bicyclic) bond motifs is 1. The predicted molar refractivity (Wildman–Crippen MR) is 94.8 cm³/mol. The molecule has 23 heavy (non-hydrogen) atoms. The van der Waals surface area contributed by atoms with E-state index in [0.717, 1.165) is 18.5 Å². The molecule has 0 fully saturated rings. The summed E-state index contributed by atoms with van der Waals surface area (Å²) in [7, 11) is 0. The molecular formula is C18H23N5. The molecule has 1 aliphatic heterocycles. The molecule has 1 aromatic heterocycles. The summed E-state index contributed by atoms with van der Waals surface area (Å²) in [6.07, 6.45) is 8.47. The quantitative estimate of drug-likeness (QED) is 0.811. The van der Waals surface area contributed by atoms with Gasteiger partial charge in [-0.1, -0.05) is 19.1 Å². The summed E-state index contributed by atoms with van der Waals surface area (Å²) in [5.74, 6) is 0. The molecule has 0 bridgehead atoms. The van der Waals surface area contributed by atoms with Gasteiger partial charge in [-0.25, -0.2) is 4.68 Å². The zero-order valence-corrected chi connectivity index (χ0v) is 14.2. The van der Waals surface area contributed by atoms with Crippen molar-refractivity contribution in [1.82, 2.24) is 14.9 Å². The van der Waals surface area contributed by atoms with E-state index < -0.39 is 0 Å². The van der Waals surface area contributed by atoms with Gasteiger partial charge >= 0.3 is 0 Å². The van der Waals surface area contributed by atoms with Crippen LogP contribution in [0.25, 0.3) is 5.57 Å². The summed E-state index contributed by atoms with van der Waals surface area (Å²) < 4.78 is 1.59. The number of benzene rings is 1. The molecule has 0 N–H and O–H groups in total. The smallest absolute Gasteiger partial charge is 0.141 e. The second-order valence-electron chi connectivity index (χ2n) is 6.50. The van der Waals surface area contributed by atoms with Crippen LogP contribution >= 0.6 is 0 Å². The van der Waals surface area contributed by atoms with Gasteiger partial charge in [-0.05, 0) is 50.5 Å². The topological polar surface area (TPSA) is 46.3 Å². The number of hydrogen-bond acceptors (Lipinski definition) is 4. The third-order valence-electron chi connectivity index (χ3n) is 4.20. The summed E-state index contributed by atoms with van der Waals surface area (Å²) in [4.78, 5) is 2.48. The molecule has 0 atom stereocenters. The van der Waals surface area contributed by atoms with Crippen LogP contribution in [0.3, 0.4) is 0 Å². The van der Waals surface area contributed by atoms with Crippen LogP contribution in [0.1, 0.15) is 45.2 Å². The van der Waals surface area contributed by atoms with Gasteiger partial charge in [0.2, 0.25) is 0 Å². The molecule has 120 valence electrons. The maximum Gasteiger partial charge on any atom is 0.141 e. The van der Waals surface area contributed by atoms with E-state index in [4.69, 9.17) is 0 Å². The minimum Gasteiger partial charge on any atom is -0.362 e. The van der Waals surface area contributed by atoms with E-state index in [1.54, 1.807) is 17.3 Å². The Morgan fingerprint density at radius 2 is 1.96 bits per heavy atom. The molecule has 1 aromatic carbocycles. The van der Waals surface area contributed by atoms with Crippen LogP contribution < -0.4 is 4.90 Å². The van der Waals surface area contributed by atoms with Gasteiger partial charge < -0.3 is 4.90 Å². The lowest BCUT2D eigenvalue weighted by molar-refractivity contribution is 0.550. The van der Waals surface area contributed by atoms with Crippen molar-refractivity contribution in [1.29, 1.82) is 0 Å². The average molecular weight is 309 g/mol. The minimum atomic E-state index is 0.0468. The lowest BCUT2D eigenvalue weighted by Crippen LogP contribution is -2.45. The Kier molecular flexibility index (Phi) is 4.03. The highest BCUT2D eigenvalue weighted by atomic mass is 15.4. The average Bonchev–Trinajstić information content (AvgIpc) is 3.02. The van der Waals surface area contributed by atoms with Crippen molar-refractivity contribution in [2.45, 2.75) is 39.7 Å². The van der Waals surface area contributed by atoms with Gasteiger partial charge in [-0.2, -0.15) is 5.10 Å². The first-order chi connectivity index (χ1) is 11.0. The lowest BCUT2D eigenvalue weighted by atomic mass is 9.88. The highest BCUT2D eigenvalue weighted by Gasteiger charge is 2.30. The molecule has 0 radical (unpaired) electrons. The van der Waals surface area contributed by atoms with Crippen molar-refractivity contribution in [2.24, 2.45) is 5.10 Å². The Morgan fingerprint density at radius 1 is 1.22 bits per heavy atom. The third-order valence-corrected chi connectivity index (χ3v) is 4.20. The highest BCUT2D eigenvalue weighted by molar-refractivity contribution is 5.87. The summed E-state index contributed by atoms with van der Waals surface area (Å²) in [6, 6.07) is 6.52. The Balaban J connectivity index is 1.97. The van der Waals surface area contributed by atoms with Crippen LogP contribution in [-0.2, 0) is 0 Å². The van der Waals surface area contributed by atoms with Crippen molar-refractivity contribution in [3.05, 3.63) is 48.1 Å². The van der Waals surface area contributed by atoms with Gasteiger partial charge in [0.15, 0.2) is 0 Å². The zero-order chi connectivity index (χ0) is 16.4. The monoisotopic (exact) mass is 309 g/mol. The van der Waals surface area contributed by atoms with Gasteiger partial charge in [-0.3, -0.25) is 0 Å². The Labute approximate surface area is 137 Å². The van der Waals surface area contributed by atoms with Crippen LogP contribution in [0, 0.1) is 0 Å². The number of hydrogen-bond donors (Lipinski definition) is 0. The maximum absolute atomic E-state index is 4.33. The molecule has 0 spiro atoms. The fourth-order valence-corrected chi connectivity index (χ4v) is 3.20. The zero-order valence-electron chi connectivity index (χ0n) is 14.2. The Bertz CT molecular complexity index is 741. The van der Waals surface area contributed by atoms with E-state index in [2.05, 4.69) is 72.2 Å². The molecule has 0 unspecified atom stereocenters. The van der Waals surface area contributed by atoms with E-state index >= 15 is 0 Å². The second-order valence-corrected chi connectivity index (χ2v) is 6.50. The Morgan fingerprint density at radius 3 is 2.65 bits per heavy atom. The third kappa shape index (κ3) is 3.04. The van der Waals surface area contributed by atoms with Crippen LogP contribution in [0.4, 0.5) is 5.69 Å². The molecule has 3 rings (SSSR count). The first-order valence-electron chi connectivity index (χ1n) is 8.02. The Hall–Kier alpha value is -2.43. The van der Waals surface area contributed by atoms with Crippen LogP contribution in [0.15, 0.2) is 42.0 Å². The number of allylic oxidation sites excluding steroid dienone is 1. The van der Waals surface area contributed by atoms with Crippen molar-refractivity contribution < 1.29 is 0 Å². The SMILES string of the molecule is CCCN1c2ccc(/C=N\n3cnnc3)cc2C(C)=CC1(C)C. The molecule has 2 aromatic rings. The summed E-state index contributed by atoms with van der Waals surface area (Å²) >= 11 is 0. The van der Waals surface area contributed by atoms with E-state index in [9.17, 15) is 0 Å². The van der Waals surface area contributed by atoms with Gasteiger partial charge in [0.1, 0.15) is 12.7 Å². The van der Waals surface area contributed by atoms with Crippen molar-refractivity contribution in [3.63, 3.8) is 0 Å². The minimum absolute atomic E-state index is 0.0468. The van der Waals surface area contributed by atoms with Crippen LogP contribution in [0.5, 0.6) is 0 Å². The summed E-state index contributed by atoms with van der Waals surface area (Å²) in [6.45, 7) is 10.0. The fraction of sp³-hybridized carbons (Fsp3) is 0.389. The molecule has 0 amide bonds. The molecule has 0 saturated carbocycles. The van der Waals surface area contributed by atoms with Gasteiger partial charge in [0.25, 0.3) is 0 Å². The largest absolute Gasteiger partial charge is 0.362 e. The molecule has 2 heterocycles. The fourth-order valence-electron chi connectivity index (χ4n) is 3.20. The normalized spacial score (nSPS) is 16.5. The summed E-state index contributed by atoms with van der Waals surface area (Å²) in [5, 5.41) is 11.8. The van der Waals surface area contributed by atoms with E-state index in [1.165, 1.54) is 16.8 Å². The number of aromatic nitrogens is 3.